The van der Waals surface area contributed by atoms with Crippen LogP contribution in [0.1, 0.15) is 31.7 Å². The van der Waals surface area contributed by atoms with E-state index in [9.17, 15) is 14.4 Å². The number of benzene rings is 1. The third-order valence-corrected chi connectivity index (χ3v) is 5.03. The van der Waals surface area contributed by atoms with Crippen LogP contribution in [0.15, 0.2) is 35.5 Å². The number of carbonyl (C=O) groups excluding carboxylic acids is 3. The Labute approximate surface area is 176 Å². The van der Waals surface area contributed by atoms with E-state index < -0.39 is 11.9 Å². The lowest BCUT2D eigenvalue weighted by molar-refractivity contribution is -0.141. The highest BCUT2D eigenvalue weighted by atomic mass is 35.5. The zero-order chi connectivity index (χ0) is 21.6. The van der Waals surface area contributed by atoms with Crippen molar-refractivity contribution in [3.8, 4) is 0 Å². The van der Waals surface area contributed by atoms with Crippen LogP contribution in [-0.2, 0) is 19.1 Å². The van der Waals surface area contributed by atoms with Gasteiger partial charge in [-0.1, -0.05) is 23.7 Å². The molecule has 0 saturated carbocycles. The zero-order valence-corrected chi connectivity index (χ0v) is 18.1. The number of allylic oxidation sites excluding steroid dienone is 1. The third kappa shape index (κ3) is 6.05. The van der Waals surface area contributed by atoms with Crippen molar-refractivity contribution in [1.29, 1.82) is 0 Å². The van der Waals surface area contributed by atoms with Crippen LogP contribution in [-0.4, -0.2) is 67.9 Å². The second kappa shape index (κ2) is 10.4. The van der Waals surface area contributed by atoms with E-state index in [1.165, 1.54) is 4.90 Å². The summed E-state index contributed by atoms with van der Waals surface area (Å²) in [6, 6.07) is 7.06. The molecule has 0 unspecified atom stereocenters. The number of likely N-dealkylation sites (N-methyl/N-ethyl adjacent to an activating group) is 1. The molecule has 7 nitrogen and oxygen atoms in total. The fourth-order valence-corrected chi connectivity index (χ4v) is 3.40. The number of ether oxygens (including phenoxy) is 1. The summed E-state index contributed by atoms with van der Waals surface area (Å²) in [6.07, 6.45) is 0.0814. The predicted octanol–water partition coefficient (Wildman–Crippen LogP) is 2.17. The summed E-state index contributed by atoms with van der Waals surface area (Å²) in [6.45, 7) is 4.68. The first-order chi connectivity index (χ1) is 13.7. The van der Waals surface area contributed by atoms with Crippen LogP contribution in [0.2, 0.25) is 5.02 Å². The molecule has 1 aliphatic heterocycles. The number of hydrogen-bond acceptors (Lipinski definition) is 5. The maximum Gasteiger partial charge on any atom is 0.336 e. The molecule has 0 spiro atoms. The molecule has 0 aliphatic carbocycles. The average molecular weight is 422 g/mol. The minimum absolute atomic E-state index is 0.0814. The van der Waals surface area contributed by atoms with Crippen LogP contribution < -0.4 is 5.32 Å². The van der Waals surface area contributed by atoms with Gasteiger partial charge in [0.05, 0.1) is 12.2 Å². The highest BCUT2D eigenvalue weighted by Gasteiger charge is 2.37. The lowest BCUT2D eigenvalue weighted by atomic mass is 9.83. The van der Waals surface area contributed by atoms with Gasteiger partial charge in [-0.15, -0.1) is 0 Å². The molecule has 2 rings (SSSR count). The van der Waals surface area contributed by atoms with Gasteiger partial charge in [0, 0.05) is 36.1 Å². The predicted molar refractivity (Wildman–Crippen MR) is 111 cm³/mol. The number of rotatable bonds is 8. The number of hydrogen-bond donors (Lipinski definition) is 1. The number of carbonyl (C=O) groups is 3. The summed E-state index contributed by atoms with van der Waals surface area (Å²) < 4.78 is 5.24. The lowest BCUT2D eigenvalue weighted by Crippen LogP contribution is -2.45. The van der Waals surface area contributed by atoms with Gasteiger partial charge in [-0.2, -0.15) is 0 Å². The largest absolute Gasteiger partial charge is 0.463 e. The summed E-state index contributed by atoms with van der Waals surface area (Å²) in [5.41, 5.74) is 1.65. The first kappa shape index (κ1) is 22.9. The molecule has 29 heavy (non-hydrogen) atoms. The number of nitrogens with one attached hydrogen (secondary N) is 1. The van der Waals surface area contributed by atoms with E-state index >= 15 is 0 Å². The molecule has 2 amide bonds. The van der Waals surface area contributed by atoms with Gasteiger partial charge >= 0.3 is 5.97 Å². The molecule has 1 atom stereocenters. The van der Waals surface area contributed by atoms with Crippen molar-refractivity contribution < 1.29 is 19.1 Å². The monoisotopic (exact) mass is 421 g/mol. The van der Waals surface area contributed by atoms with Gasteiger partial charge in [0.2, 0.25) is 11.8 Å². The normalized spacial score (nSPS) is 17.0. The fourth-order valence-electron chi connectivity index (χ4n) is 3.28. The summed E-state index contributed by atoms with van der Waals surface area (Å²) in [7, 11) is 3.82. The molecule has 1 aliphatic rings. The van der Waals surface area contributed by atoms with E-state index in [0.29, 0.717) is 29.4 Å². The van der Waals surface area contributed by atoms with Gasteiger partial charge in [-0.05, 0) is 45.6 Å². The van der Waals surface area contributed by atoms with Gasteiger partial charge < -0.3 is 19.9 Å². The fraction of sp³-hybridized carbons (Fsp3) is 0.476. The zero-order valence-electron chi connectivity index (χ0n) is 17.3. The van der Waals surface area contributed by atoms with E-state index in [0.717, 1.165) is 5.56 Å². The molecule has 0 aromatic heterocycles. The molecular formula is C21H28ClN3O4. The van der Waals surface area contributed by atoms with Crippen LogP contribution in [0.25, 0.3) is 0 Å². The van der Waals surface area contributed by atoms with Crippen molar-refractivity contribution in [1.82, 2.24) is 15.1 Å². The van der Waals surface area contributed by atoms with Crippen LogP contribution in [0, 0.1) is 0 Å². The molecule has 1 aromatic rings. The Morgan fingerprint density at radius 3 is 2.52 bits per heavy atom. The molecule has 1 heterocycles. The molecule has 158 valence electrons. The van der Waals surface area contributed by atoms with Crippen molar-refractivity contribution in [3.63, 3.8) is 0 Å². The molecule has 0 bridgehead atoms. The highest BCUT2D eigenvalue weighted by Crippen LogP contribution is 2.37. The maximum atomic E-state index is 12.8. The third-order valence-electron chi connectivity index (χ3n) is 4.77. The van der Waals surface area contributed by atoms with E-state index in [-0.39, 0.29) is 31.4 Å². The Morgan fingerprint density at radius 2 is 1.93 bits per heavy atom. The molecule has 0 saturated heterocycles. The van der Waals surface area contributed by atoms with Gasteiger partial charge in [-0.3, -0.25) is 9.59 Å². The Bertz CT molecular complexity index is 790. The van der Waals surface area contributed by atoms with Crippen molar-refractivity contribution in [3.05, 3.63) is 46.1 Å². The SMILES string of the molecule is CCOC(=O)C1=C(C)N(CC(=O)NCCN(C)C)C(=O)C[C@@H]1c1ccc(Cl)cc1. The van der Waals surface area contributed by atoms with Gasteiger partial charge in [0.25, 0.3) is 0 Å². The topological polar surface area (TPSA) is 79.0 Å². The van der Waals surface area contributed by atoms with Crippen molar-refractivity contribution in [2.45, 2.75) is 26.2 Å². The van der Waals surface area contributed by atoms with Crippen LogP contribution in [0.3, 0.4) is 0 Å². The molecule has 1 aromatic carbocycles. The van der Waals surface area contributed by atoms with Gasteiger partial charge in [0.15, 0.2) is 0 Å². The Kier molecular flexibility index (Phi) is 8.22. The first-order valence-corrected chi connectivity index (χ1v) is 9.97. The quantitative estimate of drug-likeness (QED) is 0.651. The number of halogens is 1. The average Bonchev–Trinajstić information content (AvgIpc) is 2.65. The number of nitrogens with zero attached hydrogens (tertiary/aromatic N) is 2. The molecule has 1 N–H and O–H groups in total. The smallest absolute Gasteiger partial charge is 0.336 e. The first-order valence-electron chi connectivity index (χ1n) is 9.59. The number of amides is 2. The minimum atomic E-state index is -0.476. The summed E-state index contributed by atoms with van der Waals surface area (Å²) >= 11 is 5.97. The summed E-state index contributed by atoms with van der Waals surface area (Å²) in [4.78, 5) is 41.1. The molecular weight excluding hydrogens is 394 g/mol. The van der Waals surface area contributed by atoms with Gasteiger partial charge in [0.1, 0.15) is 6.54 Å². The van der Waals surface area contributed by atoms with Crippen molar-refractivity contribution >= 4 is 29.4 Å². The lowest BCUT2D eigenvalue weighted by Gasteiger charge is -2.34. The van der Waals surface area contributed by atoms with E-state index in [1.807, 2.05) is 19.0 Å². The summed E-state index contributed by atoms with van der Waals surface area (Å²) in [5.74, 6) is -1.40. The highest BCUT2D eigenvalue weighted by molar-refractivity contribution is 6.30. The van der Waals surface area contributed by atoms with Gasteiger partial charge in [-0.25, -0.2) is 4.79 Å². The maximum absolute atomic E-state index is 12.8. The second-order valence-electron chi connectivity index (χ2n) is 7.16. The number of esters is 1. The van der Waals surface area contributed by atoms with Crippen LogP contribution in [0.5, 0.6) is 0 Å². The molecule has 0 radical (unpaired) electrons. The Balaban J connectivity index is 2.29. The van der Waals surface area contributed by atoms with E-state index in [2.05, 4.69) is 5.32 Å². The van der Waals surface area contributed by atoms with E-state index in [4.69, 9.17) is 16.3 Å². The van der Waals surface area contributed by atoms with Crippen LogP contribution >= 0.6 is 11.6 Å². The summed E-state index contributed by atoms with van der Waals surface area (Å²) in [5, 5.41) is 3.37. The Morgan fingerprint density at radius 1 is 1.28 bits per heavy atom. The second-order valence-corrected chi connectivity index (χ2v) is 7.60. The Hall–Kier alpha value is -2.38. The molecule has 0 fully saturated rings. The van der Waals surface area contributed by atoms with Crippen LogP contribution in [0.4, 0.5) is 0 Å². The van der Waals surface area contributed by atoms with E-state index in [1.54, 1.807) is 38.1 Å². The minimum Gasteiger partial charge on any atom is -0.463 e. The van der Waals surface area contributed by atoms with Crippen molar-refractivity contribution in [2.75, 3.05) is 40.3 Å². The van der Waals surface area contributed by atoms with Crippen molar-refractivity contribution in [2.24, 2.45) is 0 Å². The standard InChI is InChI=1S/C21H28ClN3O4/c1-5-29-21(28)20-14(2)25(13-18(26)23-10-11-24(3)4)19(27)12-17(20)15-6-8-16(22)9-7-15/h6-9,17H,5,10-13H2,1-4H3,(H,23,26)/t17-/m1/s1. The molecule has 8 heteroatoms.